The molecule has 16 heavy (non-hydrogen) atoms. The summed E-state index contributed by atoms with van der Waals surface area (Å²) in [5.41, 5.74) is 1.79. The topological polar surface area (TPSA) is 25.1 Å². The van der Waals surface area contributed by atoms with E-state index in [0.717, 1.165) is 29.6 Å². The van der Waals surface area contributed by atoms with E-state index in [4.69, 9.17) is 9.47 Å². The van der Waals surface area contributed by atoms with Crippen LogP contribution in [0.5, 0.6) is 0 Å². The summed E-state index contributed by atoms with van der Waals surface area (Å²) in [7, 11) is 0. The third-order valence-corrected chi connectivity index (χ3v) is 6.41. The highest BCUT2D eigenvalue weighted by Gasteiger charge is 2.66. The molecule has 2 saturated heterocycles. The molecular weight excluding hydrogens is 200 g/mol. The van der Waals surface area contributed by atoms with Crippen molar-refractivity contribution in [1.29, 1.82) is 0 Å². The second-order valence-electron chi connectivity index (χ2n) is 6.79. The van der Waals surface area contributed by atoms with Crippen LogP contribution < -0.4 is 0 Å². The van der Waals surface area contributed by atoms with Gasteiger partial charge in [-0.2, -0.15) is 0 Å². The summed E-state index contributed by atoms with van der Waals surface area (Å²) < 4.78 is 11.4. The van der Waals surface area contributed by atoms with Gasteiger partial charge in [-0.1, -0.05) is 0 Å². The maximum absolute atomic E-state index is 5.75. The van der Waals surface area contributed by atoms with E-state index in [2.05, 4.69) is 0 Å². The minimum absolute atomic E-state index is 0.580. The third-order valence-electron chi connectivity index (χ3n) is 6.41. The maximum Gasteiger partial charge on any atom is 0.156 e. The Morgan fingerprint density at radius 2 is 1.56 bits per heavy atom. The van der Waals surface area contributed by atoms with E-state index in [1.807, 2.05) is 0 Å². The first-order chi connectivity index (χ1) is 7.90. The van der Waals surface area contributed by atoms with Crippen LogP contribution in [0.1, 0.15) is 25.7 Å². The lowest BCUT2D eigenvalue weighted by Gasteiger charge is -2.37. The van der Waals surface area contributed by atoms with Gasteiger partial charge in [-0.15, -0.1) is 0 Å². The molecule has 2 nitrogen and oxygen atoms in total. The van der Waals surface area contributed by atoms with E-state index in [1.54, 1.807) is 5.57 Å². The molecule has 0 aromatic heterocycles. The van der Waals surface area contributed by atoms with Crippen molar-refractivity contribution in [2.24, 2.45) is 29.6 Å². The Balaban J connectivity index is 1.48. The van der Waals surface area contributed by atoms with Crippen molar-refractivity contribution < 1.29 is 9.47 Å². The molecule has 8 unspecified atom stereocenters. The standard InChI is InChI=1S/C14H16O2/c1-5-6-2-10-11(15-10)3-7(6)8(1)13-9(5)4-12-14(13)16-12/h5-12H,1-4H2. The lowest BCUT2D eigenvalue weighted by Crippen LogP contribution is -2.34. The number of allylic oxidation sites excluding steroid dienone is 1. The molecule has 2 bridgehead atoms. The fourth-order valence-corrected chi connectivity index (χ4v) is 5.83. The summed E-state index contributed by atoms with van der Waals surface area (Å²) in [5.74, 6) is 6.29. The van der Waals surface area contributed by atoms with Crippen molar-refractivity contribution in [2.45, 2.75) is 44.0 Å². The normalized spacial score (nSPS) is 67.0. The van der Waals surface area contributed by atoms with Gasteiger partial charge in [0.15, 0.2) is 6.10 Å². The van der Waals surface area contributed by atoms with Crippen molar-refractivity contribution in [3.63, 3.8) is 0 Å². The SMILES string of the molecule is C1C2OC2=C2C3CC(C12)C1CC2OC2CC31. The van der Waals surface area contributed by atoms with Gasteiger partial charge in [0.1, 0.15) is 5.76 Å². The summed E-state index contributed by atoms with van der Waals surface area (Å²) in [6, 6.07) is 0. The van der Waals surface area contributed by atoms with Crippen molar-refractivity contribution in [2.75, 3.05) is 0 Å². The number of rotatable bonds is 0. The van der Waals surface area contributed by atoms with E-state index in [1.165, 1.54) is 31.4 Å². The Morgan fingerprint density at radius 1 is 0.812 bits per heavy atom. The largest absolute Gasteiger partial charge is 0.483 e. The molecule has 0 aromatic rings. The molecule has 0 spiro atoms. The van der Waals surface area contributed by atoms with Crippen LogP contribution in [0.15, 0.2) is 11.3 Å². The van der Waals surface area contributed by atoms with Gasteiger partial charge in [0, 0.05) is 0 Å². The molecule has 0 N–H and O–H groups in total. The second kappa shape index (κ2) is 2.10. The minimum Gasteiger partial charge on any atom is -0.483 e. The minimum atomic E-state index is 0.580. The highest BCUT2D eigenvalue weighted by molar-refractivity contribution is 5.40. The summed E-state index contributed by atoms with van der Waals surface area (Å²) in [6.45, 7) is 0. The molecular formula is C14H16O2. The molecule has 2 heteroatoms. The third kappa shape index (κ3) is 0.685. The van der Waals surface area contributed by atoms with Crippen LogP contribution in [0.3, 0.4) is 0 Å². The van der Waals surface area contributed by atoms with Gasteiger partial charge in [-0.3, -0.25) is 0 Å². The zero-order valence-electron chi connectivity index (χ0n) is 9.26. The molecule has 0 radical (unpaired) electrons. The van der Waals surface area contributed by atoms with Crippen LogP contribution in [-0.4, -0.2) is 18.3 Å². The van der Waals surface area contributed by atoms with Gasteiger partial charge in [0.2, 0.25) is 0 Å². The molecule has 8 atom stereocenters. The van der Waals surface area contributed by atoms with Crippen molar-refractivity contribution >= 4 is 0 Å². The number of epoxide rings is 2. The first-order valence-electron chi connectivity index (χ1n) is 6.96. The Labute approximate surface area is 95.0 Å². The van der Waals surface area contributed by atoms with Crippen molar-refractivity contribution in [1.82, 2.24) is 0 Å². The summed E-state index contributed by atoms with van der Waals surface area (Å²) in [6.07, 6.45) is 7.49. The lowest BCUT2D eigenvalue weighted by molar-refractivity contribution is 0.155. The number of hydrogen-bond donors (Lipinski definition) is 0. The van der Waals surface area contributed by atoms with E-state index in [-0.39, 0.29) is 0 Å². The fraction of sp³-hybridized carbons (Fsp3) is 0.857. The second-order valence-corrected chi connectivity index (χ2v) is 6.79. The van der Waals surface area contributed by atoms with Gasteiger partial charge < -0.3 is 9.47 Å². The smallest absolute Gasteiger partial charge is 0.156 e. The number of ether oxygens (including phenoxy) is 2. The molecule has 6 aliphatic rings. The molecule has 84 valence electrons. The van der Waals surface area contributed by atoms with Crippen LogP contribution in [0.4, 0.5) is 0 Å². The zero-order valence-corrected chi connectivity index (χ0v) is 9.26. The quantitative estimate of drug-likeness (QED) is 0.579. The maximum atomic E-state index is 5.75. The van der Waals surface area contributed by atoms with Gasteiger partial charge in [-0.25, -0.2) is 0 Å². The van der Waals surface area contributed by atoms with Crippen LogP contribution in [0, 0.1) is 29.6 Å². The molecule has 0 amide bonds. The average Bonchev–Trinajstić information content (AvgIpc) is 3.10. The molecule has 0 aromatic carbocycles. The molecule has 6 rings (SSSR count). The first kappa shape index (κ1) is 7.75. The van der Waals surface area contributed by atoms with Gasteiger partial charge in [0.25, 0.3) is 0 Å². The molecule has 2 aliphatic heterocycles. The van der Waals surface area contributed by atoms with E-state index >= 15 is 0 Å². The monoisotopic (exact) mass is 216 g/mol. The van der Waals surface area contributed by atoms with Crippen LogP contribution in [0.25, 0.3) is 0 Å². The Morgan fingerprint density at radius 3 is 2.50 bits per heavy atom. The fourth-order valence-electron chi connectivity index (χ4n) is 5.83. The predicted molar refractivity (Wildman–Crippen MR) is 56.5 cm³/mol. The van der Waals surface area contributed by atoms with E-state index < -0.39 is 0 Å². The van der Waals surface area contributed by atoms with Gasteiger partial charge >= 0.3 is 0 Å². The summed E-state index contributed by atoms with van der Waals surface area (Å²) in [4.78, 5) is 0. The van der Waals surface area contributed by atoms with Crippen LogP contribution >= 0.6 is 0 Å². The van der Waals surface area contributed by atoms with Crippen molar-refractivity contribution in [3.05, 3.63) is 11.3 Å². The molecule has 2 heterocycles. The first-order valence-corrected chi connectivity index (χ1v) is 6.96. The Bertz CT molecular complexity index is 440. The lowest BCUT2D eigenvalue weighted by atomic mass is 9.66. The zero-order chi connectivity index (χ0) is 10.0. The van der Waals surface area contributed by atoms with Gasteiger partial charge in [-0.05, 0) is 60.8 Å². The Kier molecular flexibility index (Phi) is 1.02. The average molecular weight is 216 g/mol. The highest BCUT2D eigenvalue weighted by atomic mass is 16.6. The Hall–Kier alpha value is -0.500. The van der Waals surface area contributed by atoms with Gasteiger partial charge in [0.05, 0.1) is 12.2 Å². The van der Waals surface area contributed by atoms with Crippen LogP contribution in [-0.2, 0) is 9.47 Å². The highest BCUT2D eigenvalue weighted by Crippen LogP contribution is 2.70. The predicted octanol–water partition coefficient (Wildman–Crippen LogP) is 2.10. The summed E-state index contributed by atoms with van der Waals surface area (Å²) >= 11 is 0. The molecule has 3 saturated carbocycles. The van der Waals surface area contributed by atoms with E-state index in [9.17, 15) is 0 Å². The number of fused-ring (bicyclic) bond motifs is 10. The molecule has 5 fully saturated rings. The summed E-state index contributed by atoms with van der Waals surface area (Å²) in [5, 5.41) is 0. The number of hydrogen-bond acceptors (Lipinski definition) is 2. The van der Waals surface area contributed by atoms with E-state index in [0.29, 0.717) is 18.3 Å². The molecule has 4 aliphatic carbocycles. The van der Waals surface area contributed by atoms with Crippen molar-refractivity contribution in [3.8, 4) is 0 Å². The van der Waals surface area contributed by atoms with Crippen LogP contribution in [0.2, 0.25) is 0 Å².